The standard InChI is InChI=1S/C10H16N4O2/c1-3-7-13(2)9-6-4-5-8(12-11)10(9)14(15)16/h4-6,12H,3,7,11H2,1-2H3. The number of hydrogen-bond donors (Lipinski definition) is 2. The minimum Gasteiger partial charge on any atom is -0.369 e. The van der Waals surface area contributed by atoms with Crippen molar-refractivity contribution in [3.63, 3.8) is 0 Å². The van der Waals surface area contributed by atoms with Crippen molar-refractivity contribution >= 4 is 17.1 Å². The van der Waals surface area contributed by atoms with Gasteiger partial charge in [-0.15, -0.1) is 0 Å². The number of hydrogen-bond acceptors (Lipinski definition) is 5. The van der Waals surface area contributed by atoms with Crippen LogP contribution in [-0.2, 0) is 0 Å². The summed E-state index contributed by atoms with van der Waals surface area (Å²) in [6.45, 7) is 2.78. The Morgan fingerprint density at radius 2 is 2.25 bits per heavy atom. The summed E-state index contributed by atoms with van der Waals surface area (Å²) in [7, 11) is 1.83. The van der Waals surface area contributed by atoms with Crippen LogP contribution in [0.3, 0.4) is 0 Å². The van der Waals surface area contributed by atoms with Crippen molar-refractivity contribution in [2.75, 3.05) is 23.9 Å². The summed E-state index contributed by atoms with van der Waals surface area (Å²) in [5.41, 5.74) is 3.26. The number of nitrogens with two attached hydrogens (primary N) is 1. The van der Waals surface area contributed by atoms with Gasteiger partial charge in [-0.3, -0.25) is 16.0 Å². The third-order valence-electron chi connectivity index (χ3n) is 2.32. The average molecular weight is 224 g/mol. The number of benzene rings is 1. The van der Waals surface area contributed by atoms with Crippen LogP contribution in [0.25, 0.3) is 0 Å². The van der Waals surface area contributed by atoms with Crippen LogP contribution in [-0.4, -0.2) is 18.5 Å². The van der Waals surface area contributed by atoms with Crippen LogP contribution in [0.2, 0.25) is 0 Å². The highest BCUT2D eigenvalue weighted by Gasteiger charge is 2.21. The Bertz CT molecular complexity index is 381. The summed E-state index contributed by atoms with van der Waals surface area (Å²) in [6.07, 6.45) is 0.925. The van der Waals surface area contributed by atoms with Crippen LogP contribution < -0.4 is 16.2 Å². The number of para-hydroxylation sites is 1. The normalized spacial score (nSPS) is 9.94. The van der Waals surface area contributed by atoms with E-state index in [1.807, 2.05) is 18.9 Å². The number of nitro benzene ring substituents is 1. The lowest BCUT2D eigenvalue weighted by Crippen LogP contribution is -2.20. The first kappa shape index (κ1) is 12.3. The molecule has 0 atom stereocenters. The quantitative estimate of drug-likeness (QED) is 0.452. The lowest BCUT2D eigenvalue weighted by atomic mass is 10.2. The second-order valence-corrected chi connectivity index (χ2v) is 3.50. The Morgan fingerprint density at radius 3 is 2.75 bits per heavy atom. The first-order valence-electron chi connectivity index (χ1n) is 5.07. The van der Waals surface area contributed by atoms with E-state index in [1.165, 1.54) is 0 Å². The van der Waals surface area contributed by atoms with Crippen molar-refractivity contribution in [3.05, 3.63) is 28.3 Å². The summed E-state index contributed by atoms with van der Waals surface area (Å²) >= 11 is 0. The number of nitrogens with zero attached hydrogens (tertiary/aromatic N) is 2. The summed E-state index contributed by atoms with van der Waals surface area (Å²) in [5, 5.41) is 11.0. The highest BCUT2D eigenvalue weighted by molar-refractivity contribution is 5.76. The smallest absolute Gasteiger partial charge is 0.316 e. The molecule has 0 saturated heterocycles. The van der Waals surface area contributed by atoms with Crippen LogP contribution in [0.15, 0.2) is 18.2 Å². The third kappa shape index (κ3) is 2.40. The summed E-state index contributed by atoms with van der Waals surface area (Å²) in [6, 6.07) is 5.04. The van der Waals surface area contributed by atoms with Gasteiger partial charge in [0.05, 0.1) is 4.92 Å². The SMILES string of the molecule is CCCN(C)c1cccc(NN)c1[N+](=O)[O-]. The number of hydrazine groups is 1. The Kier molecular flexibility index (Phi) is 4.07. The van der Waals surface area contributed by atoms with E-state index in [9.17, 15) is 10.1 Å². The second kappa shape index (κ2) is 5.32. The lowest BCUT2D eigenvalue weighted by molar-refractivity contribution is -0.383. The van der Waals surface area contributed by atoms with Gasteiger partial charge in [-0.05, 0) is 18.6 Å². The highest BCUT2D eigenvalue weighted by atomic mass is 16.6. The average Bonchev–Trinajstić information content (AvgIpc) is 2.28. The predicted octanol–water partition coefficient (Wildman–Crippen LogP) is 1.73. The molecule has 0 spiro atoms. The fourth-order valence-corrected chi connectivity index (χ4v) is 1.60. The van der Waals surface area contributed by atoms with Gasteiger partial charge >= 0.3 is 5.69 Å². The first-order valence-corrected chi connectivity index (χ1v) is 5.07. The zero-order valence-electron chi connectivity index (χ0n) is 9.43. The minimum absolute atomic E-state index is 0.0148. The molecule has 0 aliphatic rings. The summed E-state index contributed by atoms with van der Waals surface area (Å²) in [5.74, 6) is 5.26. The van der Waals surface area contributed by atoms with Gasteiger partial charge in [0.2, 0.25) is 0 Å². The van der Waals surface area contributed by atoms with Crippen molar-refractivity contribution in [2.45, 2.75) is 13.3 Å². The van der Waals surface area contributed by atoms with Gasteiger partial charge in [0.1, 0.15) is 11.4 Å². The van der Waals surface area contributed by atoms with Gasteiger partial charge in [0.15, 0.2) is 0 Å². The Morgan fingerprint density at radius 1 is 1.56 bits per heavy atom. The highest BCUT2D eigenvalue weighted by Crippen LogP contribution is 2.34. The van der Waals surface area contributed by atoms with Crippen molar-refractivity contribution in [2.24, 2.45) is 5.84 Å². The Balaban J connectivity index is 3.21. The molecule has 16 heavy (non-hydrogen) atoms. The molecule has 6 nitrogen and oxygen atoms in total. The van der Waals surface area contributed by atoms with E-state index >= 15 is 0 Å². The molecule has 3 N–H and O–H groups in total. The zero-order valence-corrected chi connectivity index (χ0v) is 9.43. The van der Waals surface area contributed by atoms with E-state index in [4.69, 9.17) is 5.84 Å². The molecule has 0 aromatic heterocycles. The fourth-order valence-electron chi connectivity index (χ4n) is 1.60. The number of nitrogens with one attached hydrogen (secondary N) is 1. The zero-order chi connectivity index (χ0) is 12.1. The van der Waals surface area contributed by atoms with Crippen LogP contribution >= 0.6 is 0 Å². The van der Waals surface area contributed by atoms with Gasteiger partial charge in [0.25, 0.3) is 0 Å². The van der Waals surface area contributed by atoms with Gasteiger partial charge in [0, 0.05) is 13.6 Å². The van der Waals surface area contributed by atoms with E-state index in [0.29, 0.717) is 11.4 Å². The molecule has 0 bridgehead atoms. The maximum absolute atomic E-state index is 11.0. The summed E-state index contributed by atoms with van der Waals surface area (Å²) in [4.78, 5) is 12.4. The Hall–Kier alpha value is -1.82. The molecule has 0 heterocycles. The van der Waals surface area contributed by atoms with Crippen molar-refractivity contribution in [3.8, 4) is 0 Å². The molecule has 0 aliphatic heterocycles. The van der Waals surface area contributed by atoms with Gasteiger partial charge in [-0.2, -0.15) is 0 Å². The lowest BCUT2D eigenvalue weighted by Gasteiger charge is -2.19. The topological polar surface area (TPSA) is 84.4 Å². The predicted molar refractivity (Wildman–Crippen MR) is 64.5 cm³/mol. The van der Waals surface area contributed by atoms with Crippen LogP contribution in [0.4, 0.5) is 17.1 Å². The fraction of sp³-hybridized carbons (Fsp3) is 0.400. The molecule has 0 unspecified atom stereocenters. The minimum atomic E-state index is -0.420. The van der Waals surface area contributed by atoms with Gasteiger partial charge in [-0.1, -0.05) is 13.0 Å². The molecular weight excluding hydrogens is 208 g/mol. The molecule has 1 aromatic carbocycles. The first-order chi connectivity index (χ1) is 7.61. The maximum Gasteiger partial charge on any atom is 0.316 e. The number of nitro groups is 1. The Labute approximate surface area is 94.2 Å². The molecule has 0 aliphatic carbocycles. The molecule has 6 heteroatoms. The molecular formula is C10H16N4O2. The van der Waals surface area contributed by atoms with E-state index < -0.39 is 4.92 Å². The van der Waals surface area contributed by atoms with Crippen LogP contribution in [0, 0.1) is 10.1 Å². The number of anilines is 2. The number of rotatable bonds is 5. The largest absolute Gasteiger partial charge is 0.369 e. The summed E-state index contributed by atoms with van der Waals surface area (Å²) < 4.78 is 0. The molecule has 88 valence electrons. The molecule has 0 saturated carbocycles. The van der Waals surface area contributed by atoms with E-state index in [-0.39, 0.29) is 5.69 Å². The van der Waals surface area contributed by atoms with E-state index in [1.54, 1.807) is 18.2 Å². The van der Waals surface area contributed by atoms with Crippen molar-refractivity contribution in [1.29, 1.82) is 0 Å². The van der Waals surface area contributed by atoms with Crippen molar-refractivity contribution in [1.82, 2.24) is 0 Å². The maximum atomic E-state index is 11.0. The van der Waals surface area contributed by atoms with Gasteiger partial charge < -0.3 is 10.3 Å². The molecule has 0 radical (unpaired) electrons. The van der Waals surface area contributed by atoms with Crippen LogP contribution in [0.1, 0.15) is 13.3 Å². The molecule has 0 fully saturated rings. The van der Waals surface area contributed by atoms with E-state index in [0.717, 1.165) is 13.0 Å². The third-order valence-corrected chi connectivity index (χ3v) is 2.32. The monoisotopic (exact) mass is 224 g/mol. The van der Waals surface area contributed by atoms with Gasteiger partial charge in [-0.25, -0.2) is 0 Å². The van der Waals surface area contributed by atoms with Crippen molar-refractivity contribution < 1.29 is 4.92 Å². The number of nitrogen functional groups attached to an aromatic ring is 1. The molecule has 1 aromatic rings. The van der Waals surface area contributed by atoms with Crippen LogP contribution in [0.5, 0.6) is 0 Å². The molecule has 0 amide bonds. The second-order valence-electron chi connectivity index (χ2n) is 3.50. The van der Waals surface area contributed by atoms with E-state index in [2.05, 4.69) is 5.43 Å². The molecule has 1 rings (SSSR count).